The molecule has 0 saturated heterocycles. The Morgan fingerprint density at radius 3 is 2.47 bits per heavy atom. The van der Waals surface area contributed by atoms with Crippen LogP contribution in [0.25, 0.3) is 0 Å². The molecule has 2 rings (SSSR count). The van der Waals surface area contributed by atoms with Crippen molar-refractivity contribution >= 4 is 27.5 Å². The molecule has 0 radical (unpaired) electrons. The molecule has 0 amide bonds. The van der Waals surface area contributed by atoms with E-state index in [1.54, 1.807) is 0 Å². The summed E-state index contributed by atoms with van der Waals surface area (Å²) in [5.74, 6) is 0. The topological polar surface area (TPSA) is 26.0 Å². The molecule has 0 heterocycles. The van der Waals surface area contributed by atoms with E-state index in [-0.39, 0.29) is 6.04 Å². The smallest absolute Gasteiger partial charge is 0.0599 e. The van der Waals surface area contributed by atoms with Gasteiger partial charge in [-0.15, -0.1) is 0 Å². The summed E-state index contributed by atoms with van der Waals surface area (Å²) in [7, 11) is 0. The highest BCUT2D eigenvalue weighted by Gasteiger charge is 2.13. The van der Waals surface area contributed by atoms with E-state index in [0.29, 0.717) is 5.02 Å². The first-order valence-electron chi connectivity index (χ1n) is 6.41. The molecule has 2 N–H and O–H groups in total. The maximum atomic E-state index is 6.30. The molecule has 0 aliphatic carbocycles. The third kappa shape index (κ3) is 3.38. The summed E-state index contributed by atoms with van der Waals surface area (Å²) >= 11 is 9.72. The van der Waals surface area contributed by atoms with Crippen LogP contribution in [0, 0.1) is 0 Å². The Kier molecular flexibility index (Phi) is 5.03. The lowest BCUT2D eigenvalue weighted by molar-refractivity contribution is 0.864. The fourth-order valence-corrected chi connectivity index (χ4v) is 2.75. The summed E-state index contributed by atoms with van der Waals surface area (Å²) in [5.41, 5.74) is 9.68. The Morgan fingerprint density at radius 2 is 1.84 bits per heavy atom. The molecule has 0 aromatic heterocycles. The first-order valence-corrected chi connectivity index (χ1v) is 7.59. The highest BCUT2D eigenvalue weighted by molar-refractivity contribution is 9.10. The molecule has 0 aliphatic heterocycles. The second-order valence-electron chi connectivity index (χ2n) is 4.61. The van der Waals surface area contributed by atoms with Crippen molar-refractivity contribution in [2.75, 3.05) is 0 Å². The molecule has 1 unspecified atom stereocenters. The molecule has 1 nitrogen and oxygen atoms in total. The molecule has 0 aliphatic rings. The highest BCUT2D eigenvalue weighted by Crippen LogP contribution is 2.32. The molecule has 3 heteroatoms. The molecule has 0 spiro atoms. The van der Waals surface area contributed by atoms with Gasteiger partial charge in [0, 0.05) is 4.47 Å². The number of aryl methyl sites for hydroxylation is 1. The van der Waals surface area contributed by atoms with Gasteiger partial charge in [-0.1, -0.05) is 61.3 Å². The maximum Gasteiger partial charge on any atom is 0.0599 e. The number of benzene rings is 2. The van der Waals surface area contributed by atoms with Gasteiger partial charge < -0.3 is 5.73 Å². The van der Waals surface area contributed by atoms with E-state index in [2.05, 4.69) is 47.1 Å². The monoisotopic (exact) mass is 337 g/mol. The van der Waals surface area contributed by atoms with Crippen LogP contribution in [-0.4, -0.2) is 0 Å². The summed E-state index contributed by atoms with van der Waals surface area (Å²) < 4.78 is 0.879. The second-order valence-corrected chi connectivity index (χ2v) is 5.84. The molecule has 19 heavy (non-hydrogen) atoms. The first-order chi connectivity index (χ1) is 9.13. The van der Waals surface area contributed by atoms with Crippen LogP contribution < -0.4 is 5.73 Å². The number of hydrogen-bond donors (Lipinski definition) is 1. The number of nitrogens with two attached hydrogens (primary N) is 1. The maximum absolute atomic E-state index is 6.30. The predicted octanol–water partition coefficient (Wildman–Crippen LogP) is 5.10. The Balaban J connectivity index is 2.28. The molecular weight excluding hydrogens is 322 g/mol. The lowest BCUT2D eigenvalue weighted by atomic mass is 9.98. The van der Waals surface area contributed by atoms with Crippen molar-refractivity contribution in [1.29, 1.82) is 0 Å². The van der Waals surface area contributed by atoms with Gasteiger partial charge in [-0.25, -0.2) is 0 Å². The van der Waals surface area contributed by atoms with E-state index in [9.17, 15) is 0 Å². The van der Waals surface area contributed by atoms with Gasteiger partial charge in [0.15, 0.2) is 0 Å². The van der Waals surface area contributed by atoms with Crippen molar-refractivity contribution in [3.05, 3.63) is 68.7 Å². The second kappa shape index (κ2) is 6.56. The zero-order valence-electron chi connectivity index (χ0n) is 10.9. The first kappa shape index (κ1) is 14.6. The minimum Gasteiger partial charge on any atom is -0.320 e. The third-order valence-electron chi connectivity index (χ3n) is 3.19. The molecule has 2 aromatic carbocycles. The highest BCUT2D eigenvalue weighted by atomic mass is 79.9. The van der Waals surface area contributed by atoms with E-state index in [1.807, 2.05) is 18.2 Å². The average molecular weight is 339 g/mol. The van der Waals surface area contributed by atoms with E-state index in [4.69, 9.17) is 17.3 Å². The lowest BCUT2D eigenvalue weighted by Crippen LogP contribution is -2.12. The molecule has 0 fully saturated rings. The van der Waals surface area contributed by atoms with Gasteiger partial charge in [-0.05, 0) is 45.1 Å². The van der Waals surface area contributed by atoms with Crippen LogP contribution in [0.2, 0.25) is 5.02 Å². The van der Waals surface area contributed by atoms with Crippen molar-refractivity contribution in [3.63, 3.8) is 0 Å². The third-order valence-corrected chi connectivity index (χ3v) is 4.50. The molecule has 2 aromatic rings. The van der Waals surface area contributed by atoms with Crippen molar-refractivity contribution in [2.45, 2.75) is 25.8 Å². The van der Waals surface area contributed by atoms with Crippen molar-refractivity contribution < 1.29 is 0 Å². The summed E-state index contributed by atoms with van der Waals surface area (Å²) in [6.07, 6.45) is 2.26. The van der Waals surface area contributed by atoms with E-state index in [0.717, 1.165) is 28.4 Å². The average Bonchev–Trinajstić information content (AvgIpc) is 2.42. The van der Waals surface area contributed by atoms with Gasteiger partial charge in [-0.3, -0.25) is 0 Å². The van der Waals surface area contributed by atoms with Crippen LogP contribution in [0.3, 0.4) is 0 Å². The Labute approximate surface area is 127 Å². The minimum atomic E-state index is -0.194. The quantitative estimate of drug-likeness (QED) is 0.824. The summed E-state index contributed by atoms with van der Waals surface area (Å²) in [6.45, 7) is 2.18. The normalized spacial score (nSPS) is 12.4. The van der Waals surface area contributed by atoms with Crippen LogP contribution in [-0.2, 0) is 6.42 Å². The Morgan fingerprint density at radius 1 is 1.16 bits per heavy atom. The van der Waals surface area contributed by atoms with Crippen LogP contribution in [0.1, 0.15) is 36.1 Å². The predicted molar refractivity (Wildman–Crippen MR) is 85.6 cm³/mol. The zero-order valence-corrected chi connectivity index (χ0v) is 13.2. The van der Waals surface area contributed by atoms with Gasteiger partial charge in [0.05, 0.1) is 11.1 Å². The largest absolute Gasteiger partial charge is 0.320 e. The number of hydrogen-bond acceptors (Lipinski definition) is 1. The summed E-state index contributed by atoms with van der Waals surface area (Å²) in [4.78, 5) is 0. The van der Waals surface area contributed by atoms with Gasteiger partial charge in [-0.2, -0.15) is 0 Å². The zero-order chi connectivity index (χ0) is 13.8. The molecule has 1 atom stereocenters. The van der Waals surface area contributed by atoms with Crippen LogP contribution in [0.5, 0.6) is 0 Å². The SMILES string of the molecule is CCCc1ccc(C(N)c2cccc(Br)c2Cl)cc1. The van der Waals surface area contributed by atoms with Crippen molar-refractivity contribution in [1.82, 2.24) is 0 Å². The standard InChI is InChI=1S/C16H17BrClN/c1-2-4-11-7-9-12(10-8-11)16(19)13-5-3-6-14(17)15(13)18/h3,5-10,16H,2,4,19H2,1H3. The van der Waals surface area contributed by atoms with E-state index >= 15 is 0 Å². The molecule has 100 valence electrons. The van der Waals surface area contributed by atoms with Gasteiger partial charge >= 0.3 is 0 Å². The van der Waals surface area contributed by atoms with Crippen LogP contribution in [0.4, 0.5) is 0 Å². The number of halogens is 2. The van der Waals surface area contributed by atoms with Gasteiger partial charge in [0.2, 0.25) is 0 Å². The fourth-order valence-electron chi connectivity index (χ4n) is 2.12. The van der Waals surface area contributed by atoms with Crippen LogP contribution in [0.15, 0.2) is 46.9 Å². The summed E-state index contributed by atoms with van der Waals surface area (Å²) in [5, 5.41) is 0.688. The molecular formula is C16H17BrClN. The van der Waals surface area contributed by atoms with Gasteiger partial charge in [0.1, 0.15) is 0 Å². The lowest BCUT2D eigenvalue weighted by Gasteiger charge is -2.15. The van der Waals surface area contributed by atoms with Crippen molar-refractivity contribution in [3.8, 4) is 0 Å². The minimum absolute atomic E-state index is 0.194. The number of rotatable bonds is 4. The van der Waals surface area contributed by atoms with Crippen LogP contribution >= 0.6 is 27.5 Å². The molecule has 0 saturated carbocycles. The Hall–Kier alpha value is -0.830. The Bertz CT molecular complexity index is 551. The molecule has 0 bridgehead atoms. The van der Waals surface area contributed by atoms with E-state index in [1.165, 1.54) is 5.56 Å². The summed E-state index contributed by atoms with van der Waals surface area (Å²) in [6, 6.07) is 14.1. The van der Waals surface area contributed by atoms with Gasteiger partial charge in [0.25, 0.3) is 0 Å². The van der Waals surface area contributed by atoms with E-state index < -0.39 is 0 Å². The van der Waals surface area contributed by atoms with Crippen molar-refractivity contribution in [2.24, 2.45) is 5.73 Å². The fraction of sp³-hybridized carbons (Fsp3) is 0.250.